The van der Waals surface area contributed by atoms with Crippen LogP contribution < -0.4 is 11.1 Å². The molecule has 4 aromatic rings. The zero-order chi connectivity index (χ0) is 21.3. The Hall–Kier alpha value is -3.30. The Balaban J connectivity index is 1.92. The molecule has 0 bridgehead atoms. The number of methoxy groups -OCH3 is 1. The van der Waals surface area contributed by atoms with Crippen LogP contribution in [0.15, 0.2) is 42.5 Å². The van der Waals surface area contributed by atoms with Crippen molar-refractivity contribution in [1.29, 1.82) is 0 Å². The van der Waals surface area contributed by atoms with E-state index in [1.165, 1.54) is 28.9 Å². The fourth-order valence-electron chi connectivity index (χ4n) is 2.99. The van der Waals surface area contributed by atoms with Crippen molar-refractivity contribution in [1.82, 2.24) is 19.7 Å². The number of nitrogens with zero attached hydrogens (tertiary/aromatic N) is 4. The van der Waals surface area contributed by atoms with Crippen molar-refractivity contribution >= 4 is 34.4 Å². The van der Waals surface area contributed by atoms with E-state index in [4.69, 9.17) is 22.1 Å². The molecule has 0 saturated carbocycles. The van der Waals surface area contributed by atoms with Crippen LogP contribution in [0.25, 0.3) is 28.0 Å². The standard InChI is InChI=1S/C20H17ClF2N6O/c1-30-9-8-25-20-26-17(11-2-7-15(23)14(21)10-11)16-18(24)29(28-19(16)27-20)13-5-3-12(22)4-6-13/h2-7,10H,8-9,24H2,1H3,(H,25,27,28). The number of nitrogen functional groups attached to an aromatic ring is 1. The predicted molar refractivity (Wildman–Crippen MR) is 112 cm³/mol. The molecule has 0 saturated heterocycles. The van der Waals surface area contributed by atoms with Crippen LogP contribution in [0.1, 0.15) is 0 Å². The number of hydrogen-bond acceptors (Lipinski definition) is 6. The van der Waals surface area contributed by atoms with Gasteiger partial charge in [-0.05, 0) is 42.5 Å². The minimum Gasteiger partial charge on any atom is -0.383 e. The largest absolute Gasteiger partial charge is 0.383 e. The van der Waals surface area contributed by atoms with Gasteiger partial charge in [-0.25, -0.2) is 18.4 Å². The maximum absolute atomic E-state index is 13.7. The topological polar surface area (TPSA) is 90.9 Å². The SMILES string of the molecule is COCCNc1nc(-c2ccc(F)c(Cl)c2)c2c(N)n(-c3ccc(F)cc3)nc2n1. The highest BCUT2D eigenvalue weighted by Crippen LogP contribution is 2.34. The molecule has 2 aromatic carbocycles. The summed E-state index contributed by atoms with van der Waals surface area (Å²) in [7, 11) is 1.59. The Kier molecular flexibility index (Phi) is 5.47. The number of ether oxygens (including phenoxy) is 1. The number of halogens is 3. The summed E-state index contributed by atoms with van der Waals surface area (Å²) in [5.74, 6) is -0.353. The molecule has 0 aliphatic carbocycles. The lowest BCUT2D eigenvalue weighted by molar-refractivity contribution is 0.210. The second-order valence-electron chi connectivity index (χ2n) is 6.42. The van der Waals surface area contributed by atoms with Crippen molar-refractivity contribution in [2.75, 3.05) is 31.3 Å². The first kappa shape index (κ1) is 20.0. The Morgan fingerprint density at radius 1 is 1.13 bits per heavy atom. The fourth-order valence-corrected chi connectivity index (χ4v) is 3.17. The average molecular weight is 431 g/mol. The van der Waals surface area contributed by atoms with E-state index < -0.39 is 5.82 Å². The van der Waals surface area contributed by atoms with Gasteiger partial charge < -0.3 is 15.8 Å². The van der Waals surface area contributed by atoms with E-state index in [0.29, 0.717) is 47.1 Å². The summed E-state index contributed by atoms with van der Waals surface area (Å²) in [5, 5.41) is 7.95. The first-order valence-corrected chi connectivity index (χ1v) is 9.36. The van der Waals surface area contributed by atoms with Crippen LogP contribution in [0.4, 0.5) is 20.5 Å². The summed E-state index contributed by atoms with van der Waals surface area (Å²) in [6.45, 7) is 0.922. The zero-order valence-electron chi connectivity index (χ0n) is 15.9. The van der Waals surface area contributed by atoms with Gasteiger partial charge in [0.1, 0.15) is 17.5 Å². The Bertz CT molecular complexity index is 1210. The smallest absolute Gasteiger partial charge is 0.225 e. The van der Waals surface area contributed by atoms with Crippen molar-refractivity contribution in [3.8, 4) is 16.9 Å². The third-order valence-corrected chi connectivity index (χ3v) is 4.71. The number of aromatic nitrogens is 4. The van der Waals surface area contributed by atoms with E-state index in [0.717, 1.165) is 0 Å². The fraction of sp³-hybridized carbons (Fsp3) is 0.150. The van der Waals surface area contributed by atoms with Gasteiger partial charge in [0.25, 0.3) is 0 Å². The molecule has 0 unspecified atom stereocenters. The maximum Gasteiger partial charge on any atom is 0.225 e. The number of nitrogens with two attached hydrogens (primary N) is 1. The monoisotopic (exact) mass is 430 g/mol. The summed E-state index contributed by atoms with van der Waals surface area (Å²) in [5.41, 5.74) is 8.23. The van der Waals surface area contributed by atoms with Crippen molar-refractivity contribution in [3.63, 3.8) is 0 Å². The quantitative estimate of drug-likeness (QED) is 0.448. The molecule has 2 aromatic heterocycles. The summed E-state index contributed by atoms with van der Waals surface area (Å²) in [6.07, 6.45) is 0. The molecule has 0 amide bonds. The molecule has 154 valence electrons. The van der Waals surface area contributed by atoms with Gasteiger partial charge in [-0.1, -0.05) is 11.6 Å². The molecule has 0 fully saturated rings. The zero-order valence-corrected chi connectivity index (χ0v) is 16.6. The summed E-state index contributed by atoms with van der Waals surface area (Å²) >= 11 is 5.97. The normalized spacial score (nSPS) is 11.2. The van der Waals surface area contributed by atoms with Gasteiger partial charge in [-0.15, -0.1) is 5.10 Å². The van der Waals surface area contributed by atoms with Crippen LogP contribution in [-0.4, -0.2) is 40.0 Å². The lowest BCUT2D eigenvalue weighted by Crippen LogP contribution is -2.10. The number of rotatable bonds is 6. The van der Waals surface area contributed by atoms with Crippen LogP contribution in [-0.2, 0) is 4.74 Å². The average Bonchev–Trinajstić information content (AvgIpc) is 3.07. The number of anilines is 2. The lowest BCUT2D eigenvalue weighted by atomic mass is 10.1. The van der Waals surface area contributed by atoms with Crippen LogP contribution in [0.3, 0.4) is 0 Å². The molecule has 0 aliphatic rings. The Morgan fingerprint density at radius 3 is 2.60 bits per heavy atom. The first-order valence-electron chi connectivity index (χ1n) is 8.98. The van der Waals surface area contributed by atoms with Crippen LogP contribution >= 0.6 is 11.6 Å². The maximum atomic E-state index is 13.7. The predicted octanol–water partition coefficient (Wildman–Crippen LogP) is 4.05. The molecule has 0 atom stereocenters. The Morgan fingerprint density at radius 2 is 1.90 bits per heavy atom. The number of benzene rings is 2. The highest BCUT2D eigenvalue weighted by molar-refractivity contribution is 6.31. The number of fused-ring (bicyclic) bond motifs is 1. The number of hydrogen-bond donors (Lipinski definition) is 2. The van der Waals surface area contributed by atoms with Gasteiger partial charge in [0.05, 0.1) is 28.4 Å². The van der Waals surface area contributed by atoms with Crippen molar-refractivity contribution in [2.45, 2.75) is 0 Å². The summed E-state index contributed by atoms with van der Waals surface area (Å²) < 4.78 is 33.5. The minimum atomic E-state index is -0.542. The lowest BCUT2D eigenvalue weighted by Gasteiger charge is -2.09. The molecule has 7 nitrogen and oxygen atoms in total. The van der Waals surface area contributed by atoms with Gasteiger partial charge in [0.15, 0.2) is 5.65 Å². The highest BCUT2D eigenvalue weighted by Gasteiger charge is 2.20. The van der Waals surface area contributed by atoms with Crippen LogP contribution in [0.2, 0.25) is 5.02 Å². The van der Waals surface area contributed by atoms with E-state index in [1.807, 2.05) is 0 Å². The van der Waals surface area contributed by atoms with Crippen molar-refractivity contribution < 1.29 is 13.5 Å². The molecule has 30 heavy (non-hydrogen) atoms. The van der Waals surface area contributed by atoms with Gasteiger partial charge in [0, 0.05) is 19.2 Å². The molecular weight excluding hydrogens is 414 g/mol. The molecular formula is C20H17ClF2N6O. The van der Waals surface area contributed by atoms with E-state index >= 15 is 0 Å². The third kappa shape index (κ3) is 3.77. The van der Waals surface area contributed by atoms with E-state index in [1.54, 1.807) is 25.3 Å². The van der Waals surface area contributed by atoms with Crippen molar-refractivity contribution in [3.05, 3.63) is 59.1 Å². The molecule has 4 rings (SSSR count). The molecule has 0 radical (unpaired) electrons. The summed E-state index contributed by atoms with van der Waals surface area (Å²) in [6, 6.07) is 10.00. The third-order valence-electron chi connectivity index (χ3n) is 4.42. The second-order valence-corrected chi connectivity index (χ2v) is 6.82. The molecule has 10 heteroatoms. The van der Waals surface area contributed by atoms with E-state index in [-0.39, 0.29) is 16.7 Å². The molecule has 2 heterocycles. The van der Waals surface area contributed by atoms with Crippen LogP contribution in [0.5, 0.6) is 0 Å². The summed E-state index contributed by atoms with van der Waals surface area (Å²) in [4.78, 5) is 8.97. The van der Waals surface area contributed by atoms with Gasteiger partial charge in [-0.3, -0.25) is 0 Å². The molecule has 0 spiro atoms. The Labute approximate surface area is 175 Å². The van der Waals surface area contributed by atoms with E-state index in [2.05, 4.69) is 20.4 Å². The highest BCUT2D eigenvalue weighted by atomic mass is 35.5. The van der Waals surface area contributed by atoms with E-state index in [9.17, 15) is 8.78 Å². The van der Waals surface area contributed by atoms with Gasteiger partial charge in [0.2, 0.25) is 5.95 Å². The minimum absolute atomic E-state index is 0.0438. The van der Waals surface area contributed by atoms with Gasteiger partial charge >= 0.3 is 0 Å². The van der Waals surface area contributed by atoms with Crippen LogP contribution in [0, 0.1) is 11.6 Å². The molecule has 3 N–H and O–H groups in total. The number of nitrogens with one attached hydrogen (secondary N) is 1. The second kappa shape index (κ2) is 8.21. The molecule has 0 aliphatic heterocycles. The van der Waals surface area contributed by atoms with Crippen molar-refractivity contribution in [2.24, 2.45) is 0 Å². The first-order chi connectivity index (χ1) is 14.5. The van der Waals surface area contributed by atoms with Gasteiger partial charge in [-0.2, -0.15) is 4.98 Å².